The first-order chi connectivity index (χ1) is 8.07. The number of nitrogens with two attached hydrogens (primary N) is 1. The van der Waals surface area contributed by atoms with Gasteiger partial charge in [0.25, 0.3) is 5.91 Å². The van der Waals surface area contributed by atoms with Crippen LogP contribution < -0.4 is 5.73 Å². The van der Waals surface area contributed by atoms with Gasteiger partial charge in [-0.15, -0.1) is 0 Å². The molecule has 0 atom stereocenters. The molecule has 1 heterocycles. The van der Waals surface area contributed by atoms with Crippen LogP contribution in [0.2, 0.25) is 0 Å². The van der Waals surface area contributed by atoms with Crippen molar-refractivity contribution in [3.05, 3.63) is 29.6 Å². The molecule has 0 bridgehead atoms. The van der Waals surface area contributed by atoms with Gasteiger partial charge < -0.3 is 10.6 Å². The third-order valence-corrected chi connectivity index (χ3v) is 2.43. The van der Waals surface area contributed by atoms with Gasteiger partial charge in [0.2, 0.25) is 0 Å². The van der Waals surface area contributed by atoms with Gasteiger partial charge in [-0.2, -0.15) is 0 Å². The Morgan fingerprint density at radius 1 is 1.59 bits per heavy atom. The second-order valence-corrected chi connectivity index (χ2v) is 3.92. The predicted octanol–water partition coefficient (Wildman–Crippen LogP) is 0.872. The molecule has 17 heavy (non-hydrogen) atoms. The van der Waals surface area contributed by atoms with E-state index in [9.17, 15) is 4.79 Å². The predicted molar refractivity (Wildman–Crippen MR) is 67.4 cm³/mol. The SMILES string of the molecule is CC(C)N(C)C(=O)c1ncccc1C#CCN. The number of amides is 1. The fraction of sp³-hybridized carbons (Fsp3) is 0.385. The normalized spacial score (nSPS) is 9.71. The number of nitrogens with zero attached hydrogens (tertiary/aromatic N) is 2. The monoisotopic (exact) mass is 231 g/mol. The number of carbonyl (C=O) groups is 1. The van der Waals surface area contributed by atoms with Crippen LogP contribution in [0.4, 0.5) is 0 Å². The van der Waals surface area contributed by atoms with E-state index in [0.29, 0.717) is 11.3 Å². The first kappa shape index (κ1) is 13.2. The van der Waals surface area contributed by atoms with Crippen molar-refractivity contribution in [2.24, 2.45) is 5.73 Å². The average molecular weight is 231 g/mol. The van der Waals surface area contributed by atoms with Gasteiger partial charge in [-0.05, 0) is 26.0 Å². The molecule has 0 radical (unpaired) electrons. The first-order valence-electron chi connectivity index (χ1n) is 5.49. The Hall–Kier alpha value is -1.86. The zero-order valence-electron chi connectivity index (χ0n) is 10.4. The van der Waals surface area contributed by atoms with Gasteiger partial charge in [0.05, 0.1) is 12.1 Å². The van der Waals surface area contributed by atoms with Crippen molar-refractivity contribution in [1.82, 2.24) is 9.88 Å². The molecule has 90 valence electrons. The fourth-order valence-electron chi connectivity index (χ4n) is 1.22. The summed E-state index contributed by atoms with van der Waals surface area (Å²) in [5.74, 6) is 5.47. The number of hydrogen-bond donors (Lipinski definition) is 1. The molecule has 1 aromatic rings. The van der Waals surface area contributed by atoms with E-state index in [1.807, 2.05) is 13.8 Å². The standard InChI is InChI=1S/C13H17N3O/c1-10(2)16(3)13(17)12-11(6-4-8-14)7-5-9-15-12/h5,7,9-10H,8,14H2,1-3H3. The number of carbonyl (C=O) groups excluding carboxylic acids is 1. The van der Waals surface area contributed by atoms with Crippen molar-refractivity contribution >= 4 is 5.91 Å². The Bertz CT molecular complexity index is 457. The summed E-state index contributed by atoms with van der Waals surface area (Å²) in [5, 5.41) is 0. The lowest BCUT2D eigenvalue weighted by atomic mass is 10.1. The van der Waals surface area contributed by atoms with Crippen molar-refractivity contribution < 1.29 is 4.79 Å². The fourth-order valence-corrected chi connectivity index (χ4v) is 1.22. The van der Waals surface area contributed by atoms with Crippen LogP contribution in [0.5, 0.6) is 0 Å². The van der Waals surface area contributed by atoms with Crippen LogP contribution in [0.3, 0.4) is 0 Å². The highest BCUT2D eigenvalue weighted by molar-refractivity contribution is 5.94. The van der Waals surface area contributed by atoms with Gasteiger partial charge in [0.1, 0.15) is 5.69 Å². The lowest BCUT2D eigenvalue weighted by molar-refractivity contribution is 0.0749. The third kappa shape index (κ3) is 3.30. The van der Waals surface area contributed by atoms with Crippen molar-refractivity contribution in [2.45, 2.75) is 19.9 Å². The van der Waals surface area contributed by atoms with Gasteiger partial charge in [-0.1, -0.05) is 11.8 Å². The minimum absolute atomic E-state index is 0.123. The van der Waals surface area contributed by atoms with Crippen molar-refractivity contribution in [3.63, 3.8) is 0 Å². The number of pyridine rings is 1. The van der Waals surface area contributed by atoms with Crippen molar-refractivity contribution in [3.8, 4) is 11.8 Å². The van der Waals surface area contributed by atoms with E-state index in [4.69, 9.17) is 5.73 Å². The molecule has 0 aliphatic carbocycles. The Morgan fingerprint density at radius 2 is 2.29 bits per heavy atom. The Labute approximate surface area is 102 Å². The van der Waals surface area contributed by atoms with Crippen LogP contribution >= 0.6 is 0 Å². The largest absolute Gasteiger partial charge is 0.338 e. The molecule has 1 amide bonds. The minimum atomic E-state index is -0.123. The molecule has 1 rings (SSSR count). The molecule has 0 fully saturated rings. The first-order valence-corrected chi connectivity index (χ1v) is 5.49. The third-order valence-electron chi connectivity index (χ3n) is 2.43. The molecule has 1 aromatic heterocycles. The summed E-state index contributed by atoms with van der Waals surface area (Å²) < 4.78 is 0. The zero-order chi connectivity index (χ0) is 12.8. The molecule has 0 aliphatic rings. The van der Waals surface area contributed by atoms with E-state index in [-0.39, 0.29) is 18.5 Å². The Morgan fingerprint density at radius 3 is 2.88 bits per heavy atom. The molecular formula is C13H17N3O. The minimum Gasteiger partial charge on any atom is -0.338 e. The molecular weight excluding hydrogens is 214 g/mol. The van der Waals surface area contributed by atoms with E-state index in [0.717, 1.165) is 0 Å². The zero-order valence-corrected chi connectivity index (χ0v) is 10.4. The number of hydrogen-bond acceptors (Lipinski definition) is 3. The van der Waals surface area contributed by atoms with E-state index in [1.165, 1.54) is 0 Å². The summed E-state index contributed by atoms with van der Waals surface area (Å²) in [6.45, 7) is 4.17. The molecule has 0 aromatic carbocycles. The van der Waals surface area contributed by atoms with Crippen molar-refractivity contribution in [2.75, 3.05) is 13.6 Å². The van der Waals surface area contributed by atoms with Crippen LogP contribution in [0.25, 0.3) is 0 Å². The maximum absolute atomic E-state index is 12.1. The summed E-state index contributed by atoms with van der Waals surface area (Å²) in [6.07, 6.45) is 1.59. The molecule has 0 aliphatic heterocycles. The quantitative estimate of drug-likeness (QED) is 0.768. The second-order valence-electron chi connectivity index (χ2n) is 3.92. The number of rotatable bonds is 2. The van der Waals surface area contributed by atoms with Crippen LogP contribution in [0.15, 0.2) is 18.3 Å². The van der Waals surface area contributed by atoms with E-state index < -0.39 is 0 Å². The highest BCUT2D eigenvalue weighted by atomic mass is 16.2. The summed E-state index contributed by atoms with van der Waals surface area (Å²) in [4.78, 5) is 17.9. The lowest BCUT2D eigenvalue weighted by Gasteiger charge is -2.21. The maximum Gasteiger partial charge on any atom is 0.273 e. The smallest absolute Gasteiger partial charge is 0.273 e. The molecule has 0 spiro atoms. The molecule has 0 saturated carbocycles. The molecule has 4 heteroatoms. The second kappa shape index (κ2) is 6.02. The number of aromatic nitrogens is 1. The lowest BCUT2D eigenvalue weighted by Crippen LogP contribution is -2.34. The Balaban J connectivity index is 3.09. The van der Waals surface area contributed by atoms with E-state index in [2.05, 4.69) is 16.8 Å². The molecule has 4 nitrogen and oxygen atoms in total. The summed E-state index contributed by atoms with van der Waals surface area (Å²) in [6, 6.07) is 3.66. The highest BCUT2D eigenvalue weighted by Gasteiger charge is 2.18. The average Bonchev–Trinajstić information content (AvgIpc) is 2.34. The Kier molecular flexibility index (Phi) is 4.68. The van der Waals surface area contributed by atoms with E-state index >= 15 is 0 Å². The van der Waals surface area contributed by atoms with Crippen LogP contribution in [-0.2, 0) is 0 Å². The summed E-state index contributed by atoms with van der Waals surface area (Å²) >= 11 is 0. The van der Waals surface area contributed by atoms with Crippen LogP contribution in [0, 0.1) is 11.8 Å². The van der Waals surface area contributed by atoms with Crippen molar-refractivity contribution in [1.29, 1.82) is 0 Å². The topological polar surface area (TPSA) is 59.2 Å². The van der Waals surface area contributed by atoms with Gasteiger partial charge in [-0.3, -0.25) is 4.79 Å². The molecule has 0 saturated heterocycles. The van der Waals surface area contributed by atoms with Gasteiger partial charge in [0.15, 0.2) is 0 Å². The van der Waals surface area contributed by atoms with E-state index in [1.54, 1.807) is 30.3 Å². The van der Waals surface area contributed by atoms with Crippen LogP contribution in [0.1, 0.15) is 29.9 Å². The van der Waals surface area contributed by atoms with Gasteiger partial charge in [-0.25, -0.2) is 4.98 Å². The maximum atomic E-state index is 12.1. The molecule has 0 unspecified atom stereocenters. The van der Waals surface area contributed by atoms with Crippen LogP contribution in [-0.4, -0.2) is 35.4 Å². The van der Waals surface area contributed by atoms with Gasteiger partial charge in [0, 0.05) is 19.3 Å². The summed E-state index contributed by atoms with van der Waals surface area (Å²) in [5.41, 5.74) is 6.32. The summed E-state index contributed by atoms with van der Waals surface area (Å²) in [7, 11) is 1.75. The molecule has 2 N–H and O–H groups in total. The van der Waals surface area contributed by atoms with Gasteiger partial charge >= 0.3 is 0 Å². The highest BCUT2D eigenvalue weighted by Crippen LogP contribution is 2.08.